The smallest absolute Gasteiger partial charge is 0.275 e. The molecule has 3 rings (SSSR count). The third kappa shape index (κ3) is 5.70. The lowest BCUT2D eigenvalue weighted by atomic mass is 10.0. The van der Waals surface area contributed by atoms with Crippen molar-refractivity contribution in [3.05, 3.63) is 53.5 Å². The van der Waals surface area contributed by atoms with Gasteiger partial charge in [-0.15, -0.1) is 0 Å². The van der Waals surface area contributed by atoms with Gasteiger partial charge in [0.2, 0.25) is 11.8 Å². The van der Waals surface area contributed by atoms with Crippen LogP contribution in [0.1, 0.15) is 49.6 Å². The van der Waals surface area contributed by atoms with Gasteiger partial charge < -0.3 is 14.2 Å². The number of nitrogens with zero attached hydrogens (tertiary/aromatic N) is 4. The molecule has 0 radical (unpaired) electrons. The summed E-state index contributed by atoms with van der Waals surface area (Å²) in [7, 11) is 0. The molecule has 2 heterocycles. The first-order valence-electron chi connectivity index (χ1n) is 10.7. The predicted molar refractivity (Wildman–Crippen MR) is 115 cm³/mol. The van der Waals surface area contributed by atoms with Crippen LogP contribution in [0.5, 0.6) is 0 Å². The van der Waals surface area contributed by atoms with E-state index in [1.54, 1.807) is 21.9 Å². The fourth-order valence-electron chi connectivity index (χ4n) is 3.65. The van der Waals surface area contributed by atoms with Gasteiger partial charge in [0.15, 0.2) is 5.69 Å². The normalized spacial score (nSPS) is 15.6. The van der Waals surface area contributed by atoms with Crippen molar-refractivity contribution in [2.24, 2.45) is 5.92 Å². The Kier molecular flexibility index (Phi) is 7.43. The minimum absolute atomic E-state index is 0.0186. The maximum atomic E-state index is 14.2. The van der Waals surface area contributed by atoms with Crippen LogP contribution in [0.2, 0.25) is 0 Å². The highest BCUT2D eigenvalue weighted by Crippen LogP contribution is 2.20. The highest BCUT2D eigenvalue weighted by Gasteiger charge is 2.26. The molecule has 7 nitrogen and oxygen atoms in total. The number of amides is 2. The molecular formula is C23H31FN4O3. The Hall–Kier alpha value is -2.74. The lowest BCUT2D eigenvalue weighted by Gasteiger charge is -2.33. The zero-order valence-electron chi connectivity index (χ0n) is 18.7. The van der Waals surface area contributed by atoms with Crippen LogP contribution in [0.4, 0.5) is 4.39 Å². The minimum Gasteiger partial charge on any atom is -0.447 e. The Morgan fingerprint density at radius 3 is 2.35 bits per heavy atom. The molecule has 1 aliphatic rings. The van der Waals surface area contributed by atoms with Crippen LogP contribution in [0.25, 0.3) is 0 Å². The molecule has 1 fully saturated rings. The highest BCUT2D eigenvalue weighted by atomic mass is 19.1. The van der Waals surface area contributed by atoms with Crippen molar-refractivity contribution in [3.63, 3.8) is 0 Å². The van der Waals surface area contributed by atoms with Gasteiger partial charge in [-0.2, -0.15) is 0 Å². The summed E-state index contributed by atoms with van der Waals surface area (Å²) in [5.41, 5.74) is 0.871. The zero-order chi connectivity index (χ0) is 22.5. The number of carbonyl (C=O) groups excluding carboxylic acids is 2. The van der Waals surface area contributed by atoms with E-state index in [0.717, 1.165) is 0 Å². The van der Waals surface area contributed by atoms with Crippen LogP contribution in [0.3, 0.4) is 0 Å². The summed E-state index contributed by atoms with van der Waals surface area (Å²) in [6.45, 7) is 10.6. The number of piperazine rings is 1. The van der Waals surface area contributed by atoms with E-state index < -0.39 is 0 Å². The van der Waals surface area contributed by atoms with E-state index in [0.29, 0.717) is 56.6 Å². The Balaban J connectivity index is 1.68. The standard InChI is InChI=1S/C23H31FN4O3/c1-16(2)17(3)28(13-19-7-5-6-8-20(19)24)14-22-25-21(15-31-22)23(30)27-11-9-26(10-12-27)18(4)29/h5-8,15-17H,9-14H2,1-4H3. The van der Waals surface area contributed by atoms with Gasteiger partial charge >= 0.3 is 0 Å². The Labute approximate surface area is 182 Å². The van der Waals surface area contributed by atoms with Gasteiger partial charge in [0.1, 0.15) is 12.1 Å². The van der Waals surface area contributed by atoms with Crippen molar-refractivity contribution >= 4 is 11.8 Å². The van der Waals surface area contributed by atoms with Crippen LogP contribution in [0.15, 0.2) is 34.9 Å². The van der Waals surface area contributed by atoms with Gasteiger partial charge in [-0.05, 0) is 18.9 Å². The summed E-state index contributed by atoms with van der Waals surface area (Å²) in [5, 5.41) is 0. The molecule has 1 saturated heterocycles. The molecular weight excluding hydrogens is 399 g/mol. The van der Waals surface area contributed by atoms with Gasteiger partial charge in [0.05, 0.1) is 6.54 Å². The number of benzene rings is 1. The predicted octanol–water partition coefficient (Wildman–Crippen LogP) is 3.16. The molecule has 0 saturated carbocycles. The van der Waals surface area contributed by atoms with Gasteiger partial charge in [-0.25, -0.2) is 9.37 Å². The van der Waals surface area contributed by atoms with Crippen LogP contribution < -0.4 is 0 Å². The maximum Gasteiger partial charge on any atom is 0.275 e. The Morgan fingerprint density at radius 1 is 1.10 bits per heavy atom. The van der Waals surface area contributed by atoms with E-state index in [9.17, 15) is 14.0 Å². The van der Waals surface area contributed by atoms with E-state index in [1.165, 1.54) is 19.3 Å². The van der Waals surface area contributed by atoms with Crippen LogP contribution in [-0.2, 0) is 17.9 Å². The molecule has 0 N–H and O–H groups in total. The third-order valence-corrected chi connectivity index (χ3v) is 5.99. The second kappa shape index (κ2) is 10.0. The lowest BCUT2D eigenvalue weighted by Crippen LogP contribution is -2.50. The van der Waals surface area contributed by atoms with Gasteiger partial charge in [0.25, 0.3) is 5.91 Å². The second-order valence-electron chi connectivity index (χ2n) is 8.41. The summed E-state index contributed by atoms with van der Waals surface area (Å²) < 4.78 is 19.8. The van der Waals surface area contributed by atoms with Crippen molar-refractivity contribution in [2.75, 3.05) is 26.2 Å². The number of carbonyl (C=O) groups is 2. The average molecular weight is 431 g/mol. The van der Waals surface area contributed by atoms with E-state index >= 15 is 0 Å². The molecule has 0 aliphatic carbocycles. The number of rotatable bonds is 7. The van der Waals surface area contributed by atoms with Crippen molar-refractivity contribution in [2.45, 2.75) is 46.8 Å². The Morgan fingerprint density at radius 2 is 1.74 bits per heavy atom. The molecule has 2 aromatic rings. The molecule has 2 amide bonds. The number of oxazole rings is 1. The van der Waals surface area contributed by atoms with Crippen molar-refractivity contribution < 1.29 is 18.4 Å². The zero-order valence-corrected chi connectivity index (χ0v) is 18.7. The maximum absolute atomic E-state index is 14.2. The fourth-order valence-corrected chi connectivity index (χ4v) is 3.65. The van der Waals surface area contributed by atoms with Gasteiger partial charge in [-0.3, -0.25) is 14.5 Å². The van der Waals surface area contributed by atoms with Crippen molar-refractivity contribution in [1.29, 1.82) is 0 Å². The van der Waals surface area contributed by atoms with Gasteiger partial charge in [-0.1, -0.05) is 32.0 Å². The van der Waals surface area contributed by atoms with Gasteiger partial charge in [0, 0.05) is 51.3 Å². The monoisotopic (exact) mass is 430 g/mol. The van der Waals surface area contributed by atoms with E-state index in [4.69, 9.17) is 4.42 Å². The first kappa shape index (κ1) is 22.9. The molecule has 0 spiro atoms. The van der Waals surface area contributed by atoms with Crippen LogP contribution in [0, 0.1) is 11.7 Å². The summed E-state index contributed by atoms with van der Waals surface area (Å²) in [5.74, 6) is 0.354. The molecule has 168 valence electrons. The number of halogens is 1. The molecule has 1 atom stereocenters. The SMILES string of the molecule is CC(=O)N1CCN(C(=O)c2coc(CN(Cc3ccccc3F)C(C)C(C)C)n2)CC1. The summed E-state index contributed by atoms with van der Waals surface area (Å²) in [6, 6.07) is 6.90. The molecule has 8 heteroatoms. The minimum atomic E-state index is -0.239. The first-order valence-corrected chi connectivity index (χ1v) is 10.7. The number of hydrogen-bond acceptors (Lipinski definition) is 5. The summed E-state index contributed by atoms with van der Waals surface area (Å²) in [4.78, 5) is 34.2. The molecule has 1 aromatic heterocycles. The molecule has 1 aromatic carbocycles. The second-order valence-corrected chi connectivity index (χ2v) is 8.41. The lowest BCUT2D eigenvalue weighted by molar-refractivity contribution is -0.130. The topological polar surface area (TPSA) is 69.9 Å². The van der Waals surface area contributed by atoms with Crippen LogP contribution >= 0.6 is 0 Å². The van der Waals surface area contributed by atoms with Crippen LogP contribution in [-0.4, -0.2) is 63.7 Å². The largest absolute Gasteiger partial charge is 0.447 e. The van der Waals surface area contributed by atoms with E-state index in [-0.39, 0.29) is 29.4 Å². The average Bonchev–Trinajstić information content (AvgIpc) is 3.22. The third-order valence-electron chi connectivity index (χ3n) is 5.99. The quantitative estimate of drug-likeness (QED) is 0.675. The summed E-state index contributed by atoms with van der Waals surface area (Å²) in [6.07, 6.45) is 1.39. The Bertz CT molecular complexity index is 906. The van der Waals surface area contributed by atoms with E-state index in [1.807, 2.05) is 6.07 Å². The number of hydrogen-bond donors (Lipinski definition) is 0. The molecule has 0 bridgehead atoms. The number of aromatic nitrogens is 1. The highest BCUT2D eigenvalue weighted by molar-refractivity contribution is 5.92. The first-order chi connectivity index (χ1) is 14.8. The summed E-state index contributed by atoms with van der Waals surface area (Å²) >= 11 is 0. The fraction of sp³-hybridized carbons (Fsp3) is 0.522. The molecule has 1 aliphatic heterocycles. The van der Waals surface area contributed by atoms with E-state index in [2.05, 4.69) is 30.7 Å². The van der Waals surface area contributed by atoms with Crippen molar-refractivity contribution in [3.8, 4) is 0 Å². The molecule has 1 unspecified atom stereocenters. The van der Waals surface area contributed by atoms with Crippen molar-refractivity contribution in [1.82, 2.24) is 19.7 Å². The molecule has 31 heavy (non-hydrogen) atoms.